The molecule has 1 aliphatic carbocycles. The van der Waals surface area contributed by atoms with Crippen LogP contribution in [-0.2, 0) is 4.79 Å². The summed E-state index contributed by atoms with van der Waals surface area (Å²) in [4.78, 5) is 10.0. The zero-order chi connectivity index (χ0) is 7.40. The first-order valence-corrected chi connectivity index (χ1v) is 4.02. The second kappa shape index (κ2) is 3.59. The highest BCUT2D eigenvalue weighted by Gasteiger charge is 2.16. The summed E-state index contributed by atoms with van der Waals surface area (Å²) in [5, 5.41) is 2.82. The van der Waals surface area contributed by atoms with Crippen LogP contribution in [0.5, 0.6) is 0 Å². The van der Waals surface area contributed by atoms with E-state index in [0.717, 1.165) is 12.3 Å². The van der Waals surface area contributed by atoms with Gasteiger partial charge in [0.2, 0.25) is 6.41 Å². The van der Waals surface area contributed by atoms with Crippen molar-refractivity contribution in [2.75, 3.05) is 0 Å². The molecule has 0 atom stereocenters. The Balaban J connectivity index is 2.19. The van der Waals surface area contributed by atoms with Gasteiger partial charge in [-0.15, -0.1) is 0 Å². The number of hydrogen-bond acceptors (Lipinski definition) is 1. The Labute approximate surface area is 62.0 Å². The van der Waals surface area contributed by atoms with Gasteiger partial charge in [0.25, 0.3) is 0 Å². The molecule has 1 saturated carbocycles. The fraction of sp³-hybridized carbons (Fsp3) is 0.875. The molecule has 1 aliphatic rings. The Hall–Kier alpha value is -0.530. The minimum absolute atomic E-state index is 0.466. The third-order valence-electron chi connectivity index (χ3n) is 2.32. The Morgan fingerprint density at radius 2 is 1.90 bits per heavy atom. The molecule has 1 rings (SSSR count). The highest BCUT2D eigenvalue weighted by Crippen LogP contribution is 2.22. The van der Waals surface area contributed by atoms with Crippen LogP contribution in [0.15, 0.2) is 0 Å². The van der Waals surface area contributed by atoms with Crippen molar-refractivity contribution < 1.29 is 4.79 Å². The van der Waals surface area contributed by atoms with Crippen LogP contribution in [0.25, 0.3) is 0 Å². The lowest BCUT2D eigenvalue weighted by molar-refractivity contribution is -0.110. The maximum absolute atomic E-state index is 10.0. The number of carbonyl (C=O) groups excluding carboxylic acids is 1. The van der Waals surface area contributed by atoms with E-state index in [0.29, 0.717) is 6.04 Å². The van der Waals surface area contributed by atoms with Gasteiger partial charge in [0, 0.05) is 6.04 Å². The third kappa shape index (κ3) is 2.01. The van der Waals surface area contributed by atoms with Crippen LogP contribution in [0.2, 0.25) is 0 Å². The van der Waals surface area contributed by atoms with Gasteiger partial charge in [-0.2, -0.15) is 0 Å². The molecule has 0 aliphatic heterocycles. The Morgan fingerprint density at radius 1 is 1.30 bits per heavy atom. The van der Waals surface area contributed by atoms with Gasteiger partial charge in [-0.1, -0.05) is 6.92 Å². The molecule has 0 spiro atoms. The molecule has 0 heterocycles. The van der Waals surface area contributed by atoms with Crippen molar-refractivity contribution >= 4 is 6.41 Å². The van der Waals surface area contributed by atoms with Gasteiger partial charge in [-0.25, -0.2) is 0 Å². The first-order chi connectivity index (χ1) is 4.83. The topological polar surface area (TPSA) is 29.1 Å². The maximum Gasteiger partial charge on any atom is 0.207 e. The fourth-order valence-corrected chi connectivity index (χ4v) is 1.52. The van der Waals surface area contributed by atoms with Gasteiger partial charge in [-0.3, -0.25) is 4.79 Å². The van der Waals surface area contributed by atoms with Crippen LogP contribution < -0.4 is 5.32 Å². The lowest BCUT2D eigenvalue weighted by Crippen LogP contribution is -2.31. The van der Waals surface area contributed by atoms with Crippen LogP contribution in [-0.4, -0.2) is 12.5 Å². The van der Waals surface area contributed by atoms with E-state index in [-0.39, 0.29) is 0 Å². The molecule has 10 heavy (non-hydrogen) atoms. The lowest BCUT2D eigenvalue weighted by atomic mass is 9.87. The standard InChI is InChI=1S/C8H15NO/c1-7-2-4-8(5-3-7)9-6-10/h6-8H,2-5H2,1H3,(H,9,10). The molecule has 2 heteroatoms. The first kappa shape index (κ1) is 7.58. The van der Waals surface area contributed by atoms with Crippen molar-refractivity contribution in [3.05, 3.63) is 0 Å². The Bertz CT molecular complexity index is 106. The van der Waals surface area contributed by atoms with E-state index >= 15 is 0 Å². The van der Waals surface area contributed by atoms with E-state index in [9.17, 15) is 4.79 Å². The van der Waals surface area contributed by atoms with E-state index in [1.807, 2.05) is 0 Å². The van der Waals surface area contributed by atoms with Crippen molar-refractivity contribution in [2.45, 2.75) is 38.6 Å². The van der Waals surface area contributed by atoms with E-state index in [1.165, 1.54) is 25.7 Å². The molecule has 1 N–H and O–H groups in total. The van der Waals surface area contributed by atoms with Gasteiger partial charge in [0.1, 0.15) is 0 Å². The minimum atomic E-state index is 0.466. The van der Waals surface area contributed by atoms with E-state index in [2.05, 4.69) is 12.2 Å². The summed E-state index contributed by atoms with van der Waals surface area (Å²) in [6.45, 7) is 2.27. The molecular weight excluding hydrogens is 126 g/mol. The fourth-order valence-electron chi connectivity index (χ4n) is 1.52. The molecule has 0 aromatic carbocycles. The van der Waals surface area contributed by atoms with Crippen molar-refractivity contribution in [1.29, 1.82) is 0 Å². The van der Waals surface area contributed by atoms with Gasteiger partial charge >= 0.3 is 0 Å². The van der Waals surface area contributed by atoms with Crippen LogP contribution >= 0.6 is 0 Å². The summed E-state index contributed by atoms with van der Waals surface area (Å²) in [7, 11) is 0. The predicted molar refractivity (Wildman–Crippen MR) is 40.6 cm³/mol. The first-order valence-electron chi connectivity index (χ1n) is 4.02. The summed E-state index contributed by atoms with van der Waals surface area (Å²) in [6.07, 6.45) is 5.69. The van der Waals surface area contributed by atoms with Crippen LogP contribution in [0.4, 0.5) is 0 Å². The molecule has 58 valence electrons. The highest BCUT2D eigenvalue weighted by atomic mass is 16.1. The van der Waals surface area contributed by atoms with Crippen LogP contribution in [0.1, 0.15) is 32.6 Å². The third-order valence-corrected chi connectivity index (χ3v) is 2.32. The summed E-state index contributed by atoms with van der Waals surface area (Å²) < 4.78 is 0. The molecule has 2 nitrogen and oxygen atoms in total. The zero-order valence-corrected chi connectivity index (χ0v) is 6.47. The molecular formula is C8H15NO. The van der Waals surface area contributed by atoms with Crippen LogP contribution in [0.3, 0.4) is 0 Å². The quantitative estimate of drug-likeness (QED) is 0.577. The Kier molecular flexibility index (Phi) is 2.72. The minimum Gasteiger partial charge on any atom is -0.356 e. The van der Waals surface area contributed by atoms with E-state index in [1.54, 1.807) is 0 Å². The summed E-state index contributed by atoms with van der Waals surface area (Å²) in [5.41, 5.74) is 0. The van der Waals surface area contributed by atoms with Gasteiger partial charge < -0.3 is 5.32 Å². The monoisotopic (exact) mass is 141 g/mol. The zero-order valence-electron chi connectivity index (χ0n) is 6.47. The van der Waals surface area contributed by atoms with Gasteiger partial charge in [0.05, 0.1) is 0 Å². The number of rotatable bonds is 2. The number of nitrogens with one attached hydrogen (secondary N) is 1. The normalized spacial score (nSPS) is 33.3. The molecule has 0 unspecified atom stereocenters. The van der Waals surface area contributed by atoms with Crippen LogP contribution in [0, 0.1) is 5.92 Å². The maximum atomic E-state index is 10.0. The second-order valence-electron chi connectivity index (χ2n) is 3.24. The van der Waals surface area contributed by atoms with Crippen molar-refractivity contribution in [3.8, 4) is 0 Å². The predicted octanol–water partition coefficient (Wildman–Crippen LogP) is 1.31. The summed E-state index contributed by atoms with van der Waals surface area (Å²) >= 11 is 0. The molecule has 1 amide bonds. The summed E-state index contributed by atoms with van der Waals surface area (Å²) in [5.74, 6) is 0.865. The largest absolute Gasteiger partial charge is 0.356 e. The highest BCUT2D eigenvalue weighted by molar-refractivity contribution is 5.46. The van der Waals surface area contributed by atoms with Crippen molar-refractivity contribution in [1.82, 2.24) is 5.32 Å². The van der Waals surface area contributed by atoms with E-state index in [4.69, 9.17) is 0 Å². The van der Waals surface area contributed by atoms with Gasteiger partial charge in [0.15, 0.2) is 0 Å². The van der Waals surface area contributed by atoms with E-state index < -0.39 is 0 Å². The number of carbonyl (C=O) groups is 1. The molecule has 0 radical (unpaired) electrons. The molecule has 1 fully saturated rings. The summed E-state index contributed by atoms with van der Waals surface area (Å²) in [6, 6.07) is 0.466. The number of amides is 1. The molecule has 0 aromatic rings. The van der Waals surface area contributed by atoms with Crippen molar-refractivity contribution in [2.24, 2.45) is 5.92 Å². The SMILES string of the molecule is CC1CCC(NC=O)CC1. The lowest BCUT2D eigenvalue weighted by Gasteiger charge is -2.25. The average molecular weight is 141 g/mol. The average Bonchev–Trinajstić information content (AvgIpc) is 1.95. The smallest absolute Gasteiger partial charge is 0.207 e. The molecule has 0 aromatic heterocycles. The Morgan fingerprint density at radius 3 is 2.40 bits per heavy atom. The second-order valence-corrected chi connectivity index (χ2v) is 3.24. The molecule has 0 bridgehead atoms. The molecule has 0 saturated heterocycles. The number of hydrogen-bond donors (Lipinski definition) is 1. The van der Waals surface area contributed by atoms with Gasteiger partial charge in [-0.05, 0) is 31.6 Å². The van der Waals surface area contributed by atoms with Crippen molar-refractivity contribution in [3.63, 3.8) is 0 Å².